The van der Waals surface area contributed by atoms with Gasteiger partial charge in [0.2, 0.25) is 0 Å². The van der Waals surface area contributed by atoms with Crippen LogP contribution in [0.1, 0.15) is 23.8 Å². The average molecular weight is 244 g/mol. The maximum Gasteiger partial charge on any atom is 0.270 e. The van der Waals surface area contributed by atoms with Crippen molar-refractivity contribution in [2.75, 3.05) is 6.61 Å². The number of pyridine rings is 1. The summed E-state index contributed by atoms with van der Waals surface area (Å²) in [6.07, 6.45) is 2.31. The van der Waals surface area contributed by atoms with Crippen molar-refractivity contribution in [3.63, 3.8) is 0 Å². The number of nitrogens with one attached hydrogen (secondary N) is 1. The maximum atomic E-state index is 12.1. The fourth-order valence-corrected chi connectivity index (χ4v) is 1.83. The predicted molar refractivity (Wildman–Crippen MR) is 70.4 cm³/mol. The minimum atomic E-state index is -0.243. The first kappa shape index (κ1) is 12.5. The lowest BCUT2D eigenvalue weighted by Crippen LogP contribution is -2.37. The maximum absolute atomic E-state index is 12.1. The second-order valence-electron chi connectivity index (χ2n) is 4.14. The van der Waals surface area contributed by atoms with Gasteiger partial charge in [0.1, 0.15) is 5.69 Å². The van der Waals surface area contributed by atoms with Crippen LogP contribution in [-0.2, 0) is 0 Å². The van der Waals surface area contributed by atoms with Crippen molar-refractivity contribution < 1.29 is 9.90 Å². The molecule has 94 valence electrons. The molecule has 0 aliphatic carbocycles. The highest BCUT2D eigenvalue weighted by Crippen LogP contribution is 2.16. The number of benzene rings is 1. The Morgan fingerprint density at radius 1 is 1.39 bits per heavy atom. The minimum absolute atomic E-state index is 0.0625. The standard InChI is InChI=1S/C14H16N2O2/c1-2-11(9-17)16-14(18)13-12-6-4-3-5-10(12)7-8-15-13/h3-8,11,17H,2,9H2,1H3,(H,16,18)/t11-/m0/s1. The molecule has 0 bridgehead atoms. The summed E-state index contributed by atoms with van der Waals surface area (Å²) in [4.78, 5) is 16.2. The summed E-state index contributed by atoms with van der Waals surface area (Å²) in [7, 11) is 0. The van der Waals surface area contributed by atoms with Crippen LogP contribution in [0.25, 0.3) is 10.8 Å². The van der Waals surface area contributed by atoms with Gasteiger partial charge in [-0.05, 0) is 17.9 Å². The van der Waals surface area contributed by atoms with Gasteiger partial charge >= 0.3 is 0 Å². The van der Waals surface area contributed by atoms with Gasteiger partial charge < -0.3 is 10.4 Å². The third kappa shape index (κ3) is 2.49. The Hall–Kier alpha value is -1.94. The number of fused-ring (bicyclic) bond motifs is 1. The summed E-state index contributed by atoms with van der Waals surface area (Å²) in [5, 5.41) is 13.7. The van der Waals surface area contributed by atoms with E-state index in [0.29, 0.717) is 12.1 Å². The van der Waals surface area contributed by atoms with Crippen LogP contribution >= 0.6 is 0 Å². The molecule has 0 spiro atoms. The zero-order valence-corrected chi connectivity index (χ0v) is 10.3. The van der Waals surface area contributed by atoms with Crippen molar-refractivity contribution >= 4 is 16.7 Å². The van der Waals surface area contributed by atoms with E-state index in [1.165, 1.54) is 0 Å². The van der Waals surface area contributed by atoms with Crippen LogP contribution in [-0.4, -0.2) is 28.6 Å². The van der Waals surface area contributed by atoms with E-state index >= 15 is 0 Å². The molecular weight excluding hydrogens is 228 g/mol. The first-order chi connectivity index (χ1) is 8.76. The van der Waals surface area contributed by atoms with E-state index in [0.717, 1.165) is 10.8 Å². The van der Waals surface area contributed by atoms with Gasteiger partial charge in [-0.3, -0.25) is 9.78 Å². The van der Waals surface area contributed by atoms with Gasteiger partial charge in [0.15, 0.2) is 0 Å². The number of aromatic nitrogens is 1. The van der Waals surface area contributed by atoms with Gasteiger partial charge in [-0.15, -0.1) is 0 Å². The Morgan fingerprint density at radius 2 is 2.17 bits per heavy atom. The van der Waals surface area contributed by atoms with Gasteiger partial charge in [0.25, 0.3) is 5.91 Å². The van der Waals surface area contributed by atoms with Crippen LogP contribution in [0.5, 0.6) is 0 Å². The number of hydrogen-bond donors (Lipinski definition) is 2. The van der Waals surface area contributed by atoms with Crippen molar-refractivity contribution in [3.05, 3.63) is 42.2 Å². The molecule has 0 aliphatic heterocycles. The Balaban J connectivity index is 2.33. The molecular formula is C14H16N2O2. The number of carbonyl (C=O) groups excluding carboxylic acids is 1. The van der Waals surface area contributed by atoms with E-state index in [9.17, 15) is 4.79 Å². The highest BCUT2D eigenvalue weighted by atomic mass is 16.3. The zero-order valence-electron chi connectivity index (χ0n) is 10.3. The number of nitrogens with zero attached hydrogens (tertiary/aromatic N) is 1. The molecule has 0 saturated heterocycles. The monoisotopic (exact) mass is 244 g/mol. The first-order valence-corrected chi connectivity index (χ1v) is 6.01. The van der Waals surface area contributed by atoms with Crippen LogP contribution < -0.4 is 5.32 Å². The lowest BCUT2D eigenvalue weighted by Gasteiger charge is -2.14. The molecule has 2 rings (SSSR count). The van der Waals surface area contributed by atoms with Crippen molar-refractivity contribution in [2.45, 2.75) is 19.4 Å². The molecule has 4 heteroatoms. The van der Waals surface area contributed by atoms with E-state index in [2.05, 4.69) is 10.3 Å². The molecule has 0 radical (unpaired) electrons. The summed E-state index contributed by atoms with van der Waals surface area (Å²) in [5.41, 5.74) is 0.403. The predicted octanol–water partition coefficient (Wildman–Crippen LogP) is 1.74. The second kappa shape index (κ2) is 5.60. The lowest BCUT2D eigenvalue weighted by atomic mass is 10.1. The Kier molecular flexibility index (Phi) is 3.89. The number of hydrogen-bond acceptors (Lipinski definition) is 3. The number of aliphatic hydroxyl groups is 1. The van der Waals surface area contributed by atoms with E-state index in [1.54, 1.807) is 6.20 Å². The van der Waals surface area contributed by atoms with Crippen LogP contribution in [0, 0.1) is 0 Å². The van der Waals surface area contributed by atoms with Gasteiger partial charge in [-0.25, -0.2) is 0 Å². The van der Waals surface area contributed by atoms with Crippen LogP contribution in [0.2, 0.25) is 0 Å². The largest absolute Gasteiger partial charge is 0.394 e. The minimum Gasteiger partial charge on any atom is -0.394 e. The fourth-order valence-electron chi connectivity index (χ4n) is 1.83. The summed E-state index contributed by atoms with van der Waals surface area (Å²) in [6.45, 7) is 1.85. The van der Waals surface area contributed by atoms with Crippen molar-refractivity contribution in [1.29, 1.82) is 0 Å². The molecule has 0 saturated carbocycles. The highest BCUT2D eigenvalue weighted by Gasteiger charge is 2.14. The zero-order chi connectivity index (χ0) is 13.0. The smallest absolute Gasteiger partial charge is 0.270 e. The first-order valence-electron chi connectivity index (χ1n) is 6.01. The van der Waals surface area contributed by atoms with Crippen LogP contribution in [0.3, 0.4) is 0 Å². The van der Waals surface area contributed by atoms with Gasteiger partial charge in [-0.1, -0.05) is 31.2 Å². The number of aliphatic hydroxyl groups excluding tert-OH is 1. The van der Waals surface area contributed by atoms with Gasteiger partial charge in [-0.2, -0.15) is 0 Å². The van der Waals surface area contributed by atoms with Gasteiger partial charge in [0, 0.05) is 11.6 Å². The van der Waals surface area contributed by atoms with Gasteiger partial charge in [0.05, 0.1) is 12.6 Å². The second-order valence-corrected chi connectivity index (χ2v) is 4.14. The third-order valence-corrected chi connectivity index (χ3v) is 2.94. The molecule has 1 aromatic carbocycles. The molecule has 2 aromatic rings. The van der Waals surface area contributed by atoms with Crippen molar-refractivity contribution in [1.82, 2.24) is 10.3 Å². The molecule has 0 fully saturated rings. The third-order valence-electron chi connectivity index (χ3n) is 2.94. The molecule has 2 N–H and O–H groups in total. The van der Waals surface area contributed by atoms with Crippen molar-refractivity contribution in [2.24, 2.45) is 0 Å². The summed E-state index contributed by atoms with van der Waals surface area (Å²) >= 11 is 0. The Morgan fingerprint density at radius 3 is 2.89 bits per heavy atom. The molecule has 18 heavy (non-hydrogen) atoms. The van der Waals surface area contributed by atoms with Crippen molar-refractivity contribution in [3.8, 4) is 0 Å². The molecule has 0 aliphatic rings. The summed E-state index contributed by atoms with van der Waals surface area (Å²) in [5.74, 6) is -0.243. The van der Waals surface area contributed by atoms with E-state index < -0.39 is 0 Å². The molecule has 1 amide bonds. The average Bonchev–Trinajstić information content (AvgIpc) is 2.43. The molecule has 1 aromatic heterocycles. The molecule has 0 unspecified atom stereocenters. The Labute approximate surface area is 106 Å². The molecule has 1 atom stereocenters. The normalized spacial score (nSPS) is 12.3. The van der Waals surface area contributed by atoms with Crippen LogP contribution in [0.4, 0.5) is 0 Å². The lowest BCUT2D eigenvalue weighted by molar-refractivity contribution is 0.0912. The topological polar surface area (TPSA) is 62.2 Å². The van der Waals surface area contributed by atoms with E-state index in [4.69, 9.17) is 5.11 Å². The highest BCUT2D eigenvalue weighted by molar-refractivity contribution is 6.05. The number of amides is 1. The molecule has 4 nitrogen and oxygen atoms in total. The van der Waals surface area contributed by atoms with Crippen LogP contribution in [0.15, 0.2) is 36.5 Å². The van der Waals surface area contributed by atoms with E-state index in [1.807, 2.05) is 37.3 Å². The SMILES string of the molecule is CC[C@@H](CO)NC(=O)c1nccc2ccccc12. The molecule has 1 heterocycles. The Bertz CT molecular complexity index is 545. The summed E-state index contributed by atoms with van der Waals surface area (Å²) < 4.78 is 0. The summed E-state index contributed by atoms with van der Waals surface area (Å²) in [6, 6.07) is 9.26. The quantitative estimate of drug-likeness (QED) is 0.861. The van der Waals surface area contributed by atoms with E-state index in [-0.39, 0.29) is 18.6 Å². The number of carbonyl (C=O) groups is 1. The number of rotatable bonds is 4. The fraction of sp³-hybridized carbons (Fsp3) is 0.286.